The van der Waals surface area contributed by atoms with Gasteiger partial charge in [0.25, 0.3) is 11.8 Å². The summed E-state index contributed by atoms with van der Waals surface area (Å²) in [5.74, 6) is -0.888. The van der Waals surface area contributed by atoms with E-state index < -0.39 is 11.8 Å². The number of hydrogen-bond donors (Lipinski definition) is 0. The number of thiocarbonyl (C=S) groups is 1. The van der Waals surface area contributed by atoms with Crippen molar-refractivity contribution in [2.24, 2.45) is 0 Å². The molecule has 2 heterocycles. The van der Waals surface area contributed by atoms with Crippen LogP contribution in [0.3, 0.4) is 0 Å². The number of benzene rings is 4. The predicted molar refractivity (Wildman–Crippen MR) is 179 cm³/mol. The Hall–Kier alpha value is -5.07. The summed E-state index contributed by atoms with van der Waals surface area (Å²) in [6, 6.07) is 35.6. The number of para-hydroxylation sites is 1. The summed E-state index contributed by atoms with van der Waals surface area (Å²) in [5, 5.41) is 0.130. The Kier molecular flexibility index (Phi) is 7.38. The molecule has 6 rings (SSSR count). The zero-order valence-electron chi connectivity index (χ0n) is 24.5. The van der Waals surface area contributed by atoms with Gasteiger partial charge in [0.2, 0.25) is 0 Å². The van der Waals surface area contributed by atoms with Gasteiger partial charge >= 0.3 is 0 Å². The zero-order valence-corrected chi connectivity index (χ0v) is 25.4. The van der Waals surface area contributed by atoms with Gasteiger partial charge in [-0.25, -0.2) is 0 Å². The summed E-state index contributed by atoms with van der Waals surface area (Å²) in [6.45, 7) is 8.04. The Balaban J connectivity index is 1.43. The maximum atomic E-state index is 14.1. The second kappa shape index (κ2) is 11.3. The topological polar surface area (TPSA) is 45.6 Å². The van der Waals surface area contributed by atoms with Crippen molar-refractivity contribution in [1.82, 2.24) is 4.57 Å². The Morgan fingerprint density at radius 3 is 1.77 bits per heavy atom. The number of carbonyl (C=O) groups excluding carboxylic acids is 2. The minimum atomic E-state index is -0.446. The second-order valence-corrected chi connectivity index (χ2v) is 11.2. The molecule has 212 valence electrons. The number of carbonyl (C=O) groups is 2. The summed E-state index contributed by atoms with van der Waals surface area (Å²) in [6.07, 6.45) is 1.70. The molecule has 6 heteroatoms. The first-order valence-electron chi connectivity index (χ1n) is 14.2. The van der Waals surface area contributed by atoms with Crippen molar-refractivity contribution < 1.29 is 9.59 Å². The number of hydrogen-bond acceptors (Lipinski definition) is 3. The molecular weight excluding hydrogens is 550 g/mol. The quantitative estimate of drug-likeness (QED) is 0.120. The Morgan fingerprint density at radius 2 is 1.14 bits per heavy atom. The molecular formula is C37H31N3O2S. The van der Waals surface area contributed by atoms with E-state index in [1.165, 1.54) is 9.80 Å². The van der Waals surface area contributed by atoms with Crippen LogP contribution in [0, 0.1) is 27.7 Å². The molecule has 43 heavy (non-hydrogen) atoms. The van der Waals surface area contributed by atoms with E-state index in [2.05, 4.69) is 41.0 Å². The molecule has 1 fully saturated rings. The van der Waals surface area contributed by atoms with Crippen molar-refractivity contribution >= 4 is 46.6 Å². The molecule has 0 bridgehead atoms. The van der Waals surface area contributed by atoms with Crippen LogP contribution in [0.1, 0.15) is 28.1 Å². The third-order valence-electron chi connectivity index (χ3n) is 8.02. The van der Waals surface area contributed by atoms with Gasteiger partial charge in [0.15, 0.2) is 5.11 Å². The highest BCUT2D eigenvalue weighted by molar-refractivity contribution is 7.81. The maximum absolute atomic E-state index is 14.1. The number of nitrogens with zero attached hydrogens (tertiary/aromatic N) is 3. The highest BCUT2D eigenvalue weighted by Crippen LogP contribution is 2.32. The van der Waals surface area contributed by atoms with Gasteiger partial charge in [-0.05, 0) is 116 Å². The van der Waals surface area contributed by atoms with Gasteiger partial charge in [0, 0.05) is 17.1 Å². The molecule has 1 aromatic heterocycles. The van der Waals surface area contributed by atoms with Crippen LogP contribution in [-0.2, 0) is 9.59 Å². The van der Waals surface area contributed by atoms with Gasteiger partial charge in [0.05, 0.1) is 11.4 Å². The van der Waals surface area contributed by atoms with Crippen molar-refractivity contribution in [1.29, 1.82) is 0 Å². The first-order valence-corrected chi connectivity index (χ1v) is 14.6. The van der Waals surface area contributed by atoms with Gasteiger partial charge in [-0.15, -0.1) is 0 Å². The molecule has 1 aliphatic rings. The van der Waals surface area contributed by atoms with Crippen molar-refractivity contribution in [3.63, 3.8) is 0 Å². The first-order chi connectivity index (χ1) is 20.7. The van der Waals surface area contributed by atoms with Crippen LogP contribution in [0.4, 0.5) is 11.4 Å². The SMILES string of the molecule is Cc1ccc(N2C(=O)/C(=C/c3cc(C)n(-c4ccc(-c5ccccc5)cc4)c3C)C(=O)N(c3ccccc3)C2=S)cc1C. The minimum absolute atomic E-state index is 0.0513. The lowest BCUT2D eigenvalue weighted by Gasteiger charge is -2.36. The summed E-state index contributed by atoms with van der Waals surface area (Å²) in [4.78, 5) is 31.0. The number of amides is 2. The maximum Gasteiger partial charge on any atom is 0.270 e. The molecule has 0 unspecified atom stereocenters. The molecule has 0 radical (unpaired) electrons. The van der Waals surface area contributed by atoms with E-state index in [9.17, 15) is 9.59 Å². The standard InChI is InChI=1S/C37H31N3O2S/c1-24-15-18-33(21-25(24)2)40-36(42)34(35(41)39(37(40)43)31-13-9-6-10-14-31)23-30-22-26(3)38(27(30)4)32-19-16-29(17-20-32)28-11-7-5-8-12-28/h5-23H,1-4H3/b34-23+. The summed E-state index contributed by atoms with van der Waals surface area (Å²) < 4.78 is 2.14. The largest absolute Gasteiger partial charge is 0.318 e. The van der Waals surface area contributed by atoms with Gasteiger partial charge < -0.3 is 4.57 Å². The van der Waals surface area contributed by atoms with E-state index in [4.69, 9.17) is 12.2 Å². The molecule has 1 saturated heterocycles. The van der Waals surface area contributed by atoms with Gasteiger partial charge in [-0.1, -0.05) is 66.7 Å². The molecule has 0 saturated carbocycles. The zero-order chi connectivity index (χ0) is 30.2. The molecule has 4 aromatic carbocycles. The molecule has 0 N–H and O–H groups in total. The lowest BCUT2D eigenvalue weighted by atomic mass is 10.0. The monoisotopic (exact) mass is 581 g/mol. The Labute approximate surface area is 257 Å². The molecule has 0 aliphatic carbocycles. The van der Waals surface area contributed by atoms with Crippen molar-refractivity contribution in [2.45, 2.75) is 27.7 Å². The number of anilines is 2. The smallest absolute Gasteiger partial charge is 0.270 e. The molecule has 1 aliphatic heterocycles. The van der Waals surface area contributed by atoms with E-state index in [0.717, 1.165) is 44.9 Å². The number of aromatic nitrogens is 1. The van der Waals surface area contributed by atoms with Crippen LogP contribution in [0.2, 0.25) is 0 Å². The molecule has 0 spiro atoms. The van der Waals surface area contributed by atoms with Gasteiger partial charge in [0.1, 0.15) is 5.57 Å². The van der Waals surface area contributed by atoms with Gasteiger partial charge in [-0.3, -0.25) is 19.4 Å². The summed E-state index contributed by atoms with van der Waals surface area (Å²) >= 11 is 5.80. The number of rotatable bonds is 5. The number of aryl methyl sites for hydroxylation is 3. The Morgan fingerprint density at radius 1 is 0.581 bits per heavy atom. The second-order valence-electron chi connectivity index (χ2n) is 10.8. The average molecular weight is 582 g/mol. The van der Waals surface area contributed by atoms with E-state index in [1.807, 2.05) is 100 Å². The molecule has 0 atom stereocenters. The van der Waals surface area contributed by atoms with Crippen LogP contribution >= 0.6 is 12.2 Å². The third-order valence-corrected chi connectivity index (χ3v) is 8.38. The fourth-order valence-corrected chi connectivity index (χ4v) is 5.92. The highest BCUT2D eigenvalue weighted by atomic mass is 32.1. The fourth-order valence-electron chi connectivity index (χ4n) is 5.55. The third kappa shape index (κ3) is 5.11. The average Bonchev–Trinajstić information content (AvgIpc) is 3.30. The minimum Gasteiger partial charge on any atom is -0.318 e. The summed E-state index contributed by atoms with van der Waals surface area (Å²) in [7, 11) is 0. The van der Waals surface area contributed by atoms with E-state index in [0.29, 0.717) is 11.4 Å². The van der Waals surface area contributed by atoms with Crippen LogP contribution in [0.25, 0.3) is 22.9 Å². The van der Waals surface area contributed by atoms with E-state index >= 15 is 0 Å². The lowest BCUT2D eigenvalue weighted by molar-refractivity contribution is -0.120. The van der Waals surface area contributed by atoms with Gasteiger partial charge in [-0.2, -0.15) is 0 Å². The molecule has 2 amide bonds. The Bertz CT molecular complexity index is 1910. The fraction of sp³-hybridized carbons (Fsp3) is 0.108. The van der Waals surface area contributed by atoms with E-state index in [1.54, 1.807) is 6.08 Å². The van der Waals surface area contributed by atoms with Crippen LogP contribution in [0.5, 0.6) is 0 Å². The lowest BCUT2D eigenvalue weighted by Crippen LogP contribution is -2.57. The van der Waals surface area contributed by atoms with Crippen LogP contribution in [0.15, 0.2) is 115 Å². The first kappa shape index (κ1) is 28.1. The summed E-state index contributed by atoms with van der Waals surface area (Å²) in [5.41, 5.74) is 9.43. The highest BCUT2D eigenvalue weighted by Gasteiger charge is 2.41. The normalized spacial score (nSPS) is 14.6. The van der Waals surface area contributed by atoms with Crippen LogP contribution < -0.4 is 9.80 Å². The van der Waals surface area contributed by atoms with Crippen molar-refractivity contribution in [3.8, 4) is 16.8 Å². The van der Waals surface area contributed by atoms with Crippen LogP contribution in [-0.4, -0.2) is 21.5 Å². The van der Waals surface area contributed by atoms with Crippen molar-refractivity contribution in [3.05, 3.63) is 143 Å². The van der Waals surface area contributed by atoms with E-state index in [-0.39, 0.29) is 10.7 Å². The molecule has 5 aromatic rings. The van der Waals surface area contributed by atoms with Crippen molar-refractivity contribution in [2.75, 3.05) is 9.80 Å². The predicted octanol–water partition coefficient (Wildman–Crippen LogP) is 8.13. The molecule has 5 nitrogen and oxygen atoms in total.